The van der Waals surface area contributed by atoms with Gasteiger partial charge in [0.2, 0.25) is 0 Å². The molecule has 0 saturated carbocycles. The lowest BCUT2D eigenvalue weighted by molar-refractivity contribution is -0.137. The highest BCUT2D eigenvalue weighted by molar-refractivity contribution is 5.69. The highest BCUT2D eigenvalue weighted by atomic mass is 19.4. The van der Waals surface area contributed by atoms with Crippen LogP contribution in [0.5, 0.6) is 11.5 Å². The lowest BCUT2D eigenvalue weighted by Gasteiger charge is -2.22. The van der Waals surface area contributed by atoms with Gasteiger partial charge in [0.05, 0.1) is 31.2 Å². The normalized spacial score (nSPS) is 17.4. The summed E-state index contributed by atoms with van der Waals surface area (Å²) in [7, 11) is 3.03. The average molecular weight is 501 g/mol. The number of nitrogens with two attached hydrogens (primary N) is 1. The van der Waals surface area contributed by atoms with Crippen LogP contribution in [0, 0.1) is 0 Å². The third-order valence-electron chi connectivity index (χ3n) is 6.88. The first-order valence-electron chi connectivity index (χ1n) is 11.8. The SMILES string of the molecule is COc1cc(OC)cc(-c2nn(-c3cc(N4CC[C@@H](N)C4)ccc3C(F)(F)F)c(=O)c3c2CCC3)c1. The zero-order valence-electron chi connectivity index (χ0n) is 20.1. The van der Waals surface area contributed by atoms with Crippen LogP contribution in [0.15, 0.2) is 41.2 Å². The van der Waals surface area contributed by atoms with Crippen molar-refractivity contribution >= 4 is 5.69 Å². The Bertz CT molecular complexity index is 1350. The molecule has 1 atom stereocenters. The van der Waals surface area contributed by atoms with Gasteiger partial charge in [-0.15, -0.1) is 0 Å². The van der Waals surface area contributed by atoms with Crippen molar-refractivity contribution in [3.05, 3.63) is 63.4 Å². The molecular weight excluding hydrogens is 473 g/mol. The summed E-state index contributed by atoms with van der Waals surface area (Å²) >= 11 is 0. The number of anilines is 1. The number of rotatable bonds is 5. The molecule has 2 aliphatic rings. The van der Waals surface area contributed by atoms with Gasteiger partial charge in [0.15, 0.2) is 0 Å². The molecule has 0 radical (unpaired) electrons. The second-order valence-electron chi connectivity index (χ2n) is 9.17. The highest BCUT2D eigenvalue weighted by Gasteiger charge is 2.36. The van der Waals surface area contributed by atoms with Crippen molar-refractivity contribution in [1.29, 1.82) is 0 Å². The fourth-order valence-corrected chi connectivity index (χ4v) is 5.07. The molecule has 2 N–H and O–H groups in total. The zero-order valence-corrected chi connectivity index (χ0v) is 20.1. The number of methoxy groups -OCH3 is 2. The van der Waals surface area contributed by atoms with Crippen LogP contribution >= 0.6 is 0 Å². The van der Waals surface area contributed by atoms with Crippen LogP contribution in [0.4, 0.5) is 18.9 Å². The molecule has 190 valence electrons. The maximum atomic E-state index is 14.1. The number of halogens is 3. The standard InChI is InChI=1S/C26H27F3N4O3/c1-35-18-10-15(11-19(13-18)36-2)24-20-4-3-5-21(20)25(34)33(31-24)23-12-17(32-9-8-16(30)14-32)6-7-22(23)26(27,28)29/h6-7,10-13,16H,3-5,8-9,14,30H2,1-2H3/t16-/m1/s1. The second kappa shape index (κ2) is 9.16. The van der Waals surface area contributed by atoms with E-state index in [0.717, 1.165) is 29.2 Å². The molecule has 5 rings (SSSR count). The molecule has 0 spiro atoms. The van der Waals surface area contributed by atoms with Crippen molar-refractivity contribution in [3.63, 3.8) is 0 Å². The third-order valence-corrected chi connectivity index (χ3v) is 6.88. The molecular formula is C26H27F3N4O3. The van der Waals surface area contributed by atoms with E-state index in [-0.39, 0.29) is 11.7 Å². The number of ether oxygens (including phenoxy) is 2. The first-order valence-corrected chi connectivity index (χ1v) is 11.8. The van der Waals surface area contributed by atoms with E-state index >= 15 is 0 Å². The molecule has 1 aromatic heterocycles. The fraction of sp³-hybridized carbons (Fsp3) is 0.385. The molecule has 10 heteroatoms. The Morgan fingerprint density at radius 3 is 2.33 bits per heavy atom. The van der Waals surface area contributed by atoms with Gasteiger partial charge in [-0.25, -0.2) is 0 Å². The van der Waals surface area contributed by atoms with Gasteiger partial charge in [-0.05, 0) is 61.6 Å². The van der Waals surface area contributed by atoms with Crippen LogP contribution in [0.2, 0.25) is 0 Å². The molecule has 0 unspecified atom stereocenters. The highest BCUT2D eigenvalue weighted by Crippen LogP contribution is 2.38. The van der Waals surface area contributed by atoms with Gasteiger partial charge < -0.3 is 20.1 Å². The number of nitrogens with zero attached hydrogens (tertiary/aromatic N) is 3. The molecule has 1 aliphatic heterocycles. The average Bonchev–Trinajstić information content (AvgIpc) is 3.53. The predicted molar refractivity (Wildman–Crippen MR) is 130 cm³/mol. The number of alkyl halides is 3. The van der Waals surface area contributed by atoms with Crippen molar-refractivity contribution < 1.29 is 22.6 Å². The van der Waals surface area contributed by atoms with E-state index in [1.165, 1.54) is 26.4 Å². The predicted octanol–water partition coefficient (Wildman–Crippen LogP) is 3.96. The Hall–Kier alpha value is -3.53. The first kappa shape index (κ1) is 24.2. The summed E-state index contributed by atoms with van der Waals surface area (Å²) in [5.41, 5.74) is 7.14. The Morgan fingerprint density at radius 2 is 1.72 bits per heavy atom. The molecule has 7 nitrogen and oxygen atoms in total. The minimum absolute atomic E-state index is 0.0498. The lowest BCUT2D eigenvalue weighted by Crippen LogP contribution is -2.29. The monoisotopic (exact) mass is 500 g/mol. The first-order chi connectivity index (χ1) is 17.2. The van der Waals surface area contributed by atoms with Gasteiger partial charge in [-0.1, -0.05) is 0 Å². The summed E-state index contributed by atoms with van der Waals surface area (Å²) in [6.45, 7) is 1.17. The summed E-state index contributed by atoms with van der Waals surface area (Å²) in [6, 6.07) is 8.97. The Balaban J connectivity index is 1.75. The maximum Gasteiger partial charge on any atom is 0.418 e. The second-order valence-corrected chi connectivity index (χ2v) is 9.17. The van der Waals surface area contributed by atoms with E-state index in [2.05, 4.69) is 5.10 Å². The summed E-state index contributed by atoms with van der Waals surface area (Å²) in [5.74, 6) is 1.03. The smallest absolute Gasteiger partial charge is 0.418 e. The van der Waals surface area contributed by atoms with Crippen LogP contribution in [0.25, 0.3) is 16.9 Å². The van der Waals surface area contributed by atoms with Crippen molar-refractivity contribution in [3.8, 4) is 28.4 Å². The van der Waals surface area contributed by atoms with E-state index in [0.29, 0.717) is 59.9 Å². The van der Waals surface area contributed by atoms with Gasteiger partial charge in [0.25, 0.3) is 5.56 Å². The zero-order chi connectivity index (χ0) is 25.6. The number of fused-ring (bicyclic) bond motifs is 1. The van der Waals surface area contributed by atoms with Crippen molar-refractivity contribution in [2.24, 2.45) is 5.73 Å². The minimum atomic E-state index is -4.67. The number of hydrogen-bond donors (Lipinski definition) is 1. The topological polar surface area (TPSA) is 82.6 Å². The Morgan fingerprint density at radius 1 is 1.03 bits per heavy atom. The van der Waals surface area contributed by atoms with Crippen molar-refractivity contribution in [2.75, 3.05) is 32.2 Å². The van der Waals surface area contributed by atoms with Crippen LogP contribution < -0.4 is 25.7 Å². The quantitative estimate of drug-likeness (QED) is 0.571. The molecule has 2 aromatic carbocycles. The number of aromatic nitrogens is 2. The fourth-order valence-electron chi connectivity index (χ4n) is 5.07. The number of hydrogen-bond acceptors (Lipinski definition) is 6. The van der Waals surface area contributed by atoms with Crippen LogP contribution in [0.3, 0.4) is 0 Å². The van der Waals surface area contributed by atoms with Crippen molar-refractivity contribution in [2.45, 2.75) is 37.9 Å². The van der Waals surface area contributed by atoms with Crippen LogP contribution in [-0.4, -0.2) is 43.1 Å². The van der Waals surface area contributed by atoms with E-state index < -0.39 is 17.3 Å². The lowest BCUT2D eigenvalue weighted by atomic mass is 10.0. The Kier molecular flexibility index (Phi) is 6.15. The maximum absolute atomic E-state index is 14.1. The minimum Gasteiger partial charge on any atom is -0.497 e. The molecule has 36 heavy (non-hydrogen) atoms. The summed E-state index contributed by atoms with van der Waals surface area (Å²) < 4.78 is 54.0. The molecule has 1 aliphatic carbocycles. The van der Waals surface area contributed by atoms with Gasteiger partial charge in [0.1, 0.15) is 11.5 Å². The van der Waals surface area contributed by atoms with Crippen LogP contribution in [-0.2, 0) is 19.0 Å². The van der Waals surface area contributed by atoms with Gasteiger partial charge in [0, 0.05) is 42.0 Å². The largest absolute Gasteiger partial charge is 0.497 e. The molecule has 0 bridgehead atoms. The molecule has 1 saturated heterocycles. The van der Waals surface area contributed by atoms with E-state index in [4.69, 9.17) is 15.2 Å². The Labute approximate surface area is 206 Å². The van der Waals surface area contributed by atoms with E-state index in [1.54, 1.807) is 18.2 Å². The van der Waals surface area contributed by atoms with Gasteiger partial charge in [-0.3, -0.25) is 4.79 Å². The molecule has 2 heterocycles. The molecule has 3 aromatic rings. The summed E-state index contributed by atoms with van der Waals surface area (Å²) in [5, 5.41) is 4.54. The third kappa shape index (κ3) is 4.30. The summed E-state index contributed by atoms with van der Waals surface area (Å²) in [4.78, 5) is 15.4. The molecule has 0 amide bonds. The van der Waals surface area contributed by atoms with Crippen LogP contribution in [0.1, 0.15) is 29.5 Å². The van der Waals surface area contributed by atoms with Gasteiger partial charge >= 0.3 is 6.18 Å². The summed E-state index contributed by atoms with van der Waals surface area (Å²) in [6.07, 6.45) is -2.11. The van der Waals surface area contributed by atoms with E-state index in [1.807, 2.05) is 4.90 Å². The number of benzene rings is 2. The van der Waals surface area contributed by atoms with Crippen molar-refractivity contribution in [1.82, 2.24) is 9.78 Å². The molecule has 1 fully saturated rings. The van der Waals surface area contributed by atoms with E-state index in [9.17, 15) is 18.0 Å². The van der Waals surface area contributed by atoms with Gasteiger partial charge in [-0.2, -0.15) is 23.0 Å².